The summed E-state index contributed by atoms with van der Waals surface area (Å²) in [4.78, 5) is 6.83. The van der Waals surface area contributed by atoms with E-state index in [9.17, 15) is 0 Å². The summed E-state index contributed by atoms with van der Waals surface area (Å²) in [6, 6.07) is 4.49. The van der Waals surface area contributed by atoms with Crippen molar-refractivity contribution in [3.63, 3.8) is 0 Å². The van der Waals surface area contributed by atoms with Crippen molar-refractivity contribution in [3.05, 3.63) is 0 Å². The largest absolute Gasteiger partial charge is 0.227 e. The van der Waals surface area contributed by atoms with Gasteiger partial charge in [-0.05, 0) is 0 Å². The van der Waals surface area contributed by atoms with Gasteiger partial charge in [0.2, 0.25) is 0 Å². The second kappa shape index (κ2) is 5.76. The normalized spacial score (nSPS) is 5.75. The van der Waals surface area contributed by atoms with Crippen LogP contribution in [-0.4, -0.2) is 26.1 Å². The lowest BCUT2D eigenvalue weighted by atomic mass is 11.3. The molecule has 0 amide bonds. The maximum atomic E-state index is 3.42. The summed E-state index contributed by atoms with van der Waals surface area (Å²) in [6.07, 6.45) is 0. The van der Waals surface area contributed by atoms with Crippen LogP contribution in [0.4, 0.5) is 0 Å². The molecule has 0 saturated heterocycles. The molecule has 4 heteroatoms. The molecule has 0 aliphatic carbocycles. The summed E-state index contributed by atoms with van der Waals surface area (Å²) >= 11 is 0. The van der Waals surface area contributed by atoms with Crippen LogP contribution in [0.15, 0.2) is 20.2 Å². The highest BCUT2D eigenvalue weighted by Gasteiger charge is 1.49. The lowest BCUT2D eigenvalue weighted by Gasteiger charge is -1.57. The van der Waals surface area contributed by atoms with Crippen molar-refractivity contribution >= 4 is 12.0 Å². The van der Waals surface area contributed by atoms with Crippen molar-refractivity contribution in [1.29, 1.82) is 0 Å². The Morgan fingerprint density at radius 1 is 0.875 bits per heavy atom. The average molecular weight is 110 g/mol. The van der Waals surface area contributed by atoms with Crippen LogP contribution < -0.4 is 0 Å². The third-order valence-corrected chi connectivity index (χ3v) is 0.339. The van der Waals surface area contributed by atoms with Crippen molar-refractivity contribution in [2.45, 2.75) is 0 Å². The Labute approximate surface area is 47.4 Å². The topological polar surface area (TPSA) is 49.4 Å². The minimum atomic E-state index is 1.56. The van der Waals surface area contributed by atoms with E-state index in [0.29, 0.717) is 0 Å². The van der Waals surface area contributed by atoms with Crippen LogP contribution in [0.5, 0.6) is 0 Å². The summed E-state index contributed by atoms with van der Waals surface area (Å²) in [6.45, 7) is 0. The van der Waals surface area contributed by atoms with E-state index in [1.54, 1.807) is 14.1 Å². The van der Waals surface area contributed by atoms with E-state index in [1.807, 2.05) is 0 Å². The molecule has 0 fully saturated rings. The summed E-state index contributed by atoms with van der Waals surface area (Å²) < 4.78 is 0. The average Bonchev–Trinajstić information content (AvgIpc) is 1.81. The molecule has 0 aliphatic heterocycles. The van der Waals surface area contributed by atoms with E-state index < -0.39 is 0 Å². The van der Waals surface area contributed by atoms with E-state index in [1.165, 1.54) is 0 Å². The highest BCUT2D eigenvalue weighted by molar-refractivity contribution is 5.45. The Morgan fingerprint density at radius 3 is 1.50 bits per heavy atom. The van der Waals surface area contributed by atoms with Gasteiger partial charge < -0.3 is 0 Å². The molecule has 0 aromatic carbocycles. The van der Waals surface area contributed by atoms with Crippen LogP contribution in [0.1, 0.15) is 0 Å². The first-order valence-corrected chi connectivity index (χ1v) is 1.99. The van der Waals surface area contributed by atoms with E-state index in [0.717, 1.165) is 0 Å². The van der Waals surface area contributed by atoms with Gasteiger partial charge in [-0.3, -0.25) is 0 Å². The highest BCUT2D eigenvalue weighted by Crippen LogP contribution is 1.58. The lowest BCUT2D eigenvalue weighted by Crippen LogP contribution is -1.52. The molecule has 0 heterocycles. The summed E-state index contributed by atoms with van der Waals surface area (Å²) in [5, 5.41) is 6.57. The number of hydrogen-bond acceptors (Lipinski definition) is 4. The molecule has 0 aromatic rings. The Morgan fingerprint density at radius 2 is 1.25 bits per heavy atom. The van der Waals surface area contributed by atoms with Gasteiger partial charge in [-0.1, -0.05) is 10.2 Å². The second-order valence-electron chi connectivity index (χ2n) is 0.847. The first-order chi connectivity index (χ1) is 3.91. The fraction of sp³-hybridized carbons (Fsp3) is 0.500. The molecular formula is C4H6N4. The van der Waals surface area contributed by atoms with Gasteiger partial charge in [-0.2, -0.15) is 0 Å². The van der Waals surface area contributed by atoms with Crippen LogP contribution in [0.3, 0.4) is 0 Å². The monoisotopic (exact) mass is 110 g/mol. The Hall–Kier alpha value is -1.24. The number of aliphatic imine (C=N–C) groups is 2. The fourth-order valence-corrected chi connectivity index (χ4v) is 0.134. The van der Waals surface area contributed by atoms with Crippen molar-refractivity contribution in [2.24, 2.45) is 20.2 Å². The molecule has 0 atom stereocenters. The smallest absolute Gasteiger partial charge is 0.117 e. The molecule has 0 radical (unpaired) electrons. The van der Waals surface area contributed by atoms with E-state index >= 15 is 0 Å². The minimum absolute atomic E-state index is 1.56. The van der Waals surface area contributed by atoms with Crippen LogP contribution in [0.25, 0.3) is 0 Å². The quantitative estimate of drug-likeness (QED) is 0.349. The first-order valence-electron chi connectivity index (χ1n) is 1.99. The van der Waals surface area contributed by atoms with Gasteiger partial charge in [-0.25, -0.2) is 9.98 Å². The molecule has 0 spiro atoms. The first kappa shape index (κ1) is 6.76. The number of hydrogen-bond donors (Lipinski definition) is 0. The van der Waals surface area contributed by atoms with Gasteiger partial charge in [0, 0.05) is 14.1 Å². The SMILES string of the molecule is CN=C=NN=C=NC. The number of nitrogens with zero attached hydrogens (tertiary/aromatic N) is 4. The maximum absolute atomic E-state index is 3.42. The van der Waals surface area contributed by atoms with E-state index in [-0.39, 0.29) is 0 Å². The van der Waals surface area contributed by atoms with Gasteiger partial charge in [0.15, 0.2) is 0 Å². The maximum Gasteiger partial charge on any atom is 0.117 e. The zero-order chi connectivity index (χ0) is 6.24. The second-order valence-corrected chi connectivity index (χ2v) is 0.847. The zero-order valence-corrected chi connectivity index (χ0v) is 4.79. The van der Waals surface area contributed by atoms with Crippen molar-refractivity contribution in [1.82, 2.24) is 0 Å². The molecule has 0 aliphatic rings. The fourth-order valence-electron chi connectivity index (χ4n) is 0.134. The van der Waals surface area contributed by atoms with Crippen LogP contribution in [0, 0.1) is 0 Å². The Kier molecular flexibility index (Phi) is 4.87. The Balaban J connectivity index is 3.77. The van der Waals surface area contributed by atoms with Crippen molar-refractivity contribution in [2.75, 3.05) is 14.1 Å². The molecule has 0 saturated carbocycles. The molecule has 0 rings (SSSR count). The third kappa shape index (κ3) is 4.76. The molecule has 0 unspecified atom stereocenters. The summed E-state index contributed by atoms with van der Waals surface area (Å²) in [7, 11) is 3.12. The third-order valence-electron chi connectivity index (χ3n) is 0.339. The predicted molar refractivity (Wildman–Crippen MR) is 31.6 cm³/mol. The molecule has 8 heavy (non-hydrogen) atoms. The molecule has 0 aromatic heterocycles. The highest BCUT2D eigenvalue weighted by atomic mass is 15.2. The van der Waals surface area contributed by atoms with Gasteiger partial charge in [0.25, 0.3) is 0 Å². The van der Waals surface area contributed by atoms with Gasteiger partial charge in [0.1, 0.15) is 12.0 Å². The number of rotatable bonds is 1. The standard InChI is InChI=1S/C4H6N4/c1-5-3-7-8-4-6-2/h1-2H3. The van der Waals surface area contributed by atoms with Gasteiger partial charge in [0.05, 0.1) is 0 Å². The predicted octanol–water partition coefficient (Wildman–Crippen LogP) is 0.509. The molecule has 42 valence electrons. The van der Waals surface area contributed by atoms with Crippen LogP contribution in [-0.2, 0) is 0 Å². The molecule has 4 nitrogen and oxygen atoms in total. The molecular weight excluding hydrogens is 104 g/mol. The lowest BCUT2D eigenvalue weighted by molar-refractivity contribution is 1.25. The van der Waals surface area contributed by atoms with Crippen LogP contribution in [0.2, 0.25) is 0 Å². The molecule has 0 N–H and O–H groups in total. The Bertz CT molecular complexity index is 137. The summed E-state index contributed by atoms with van der Waals surface area (Å²) in [5.74, 6) is 0. The van der Waals surface area contributed by atoms with E-state index in [2.05, 4.69) is 32.2 Å². The van der Waals surface area contributed by atoms with E-state index in [4.69, 9.17) is 0 Å². The van der Waals surface area contributed by atoms with Gasteiger partial charge in [-0.15, -0.1) is 0 Å². The van der Waals surface area contributed by atoms with Gasteiger partial charge >= 0.3 is 0 Å². The van der Waals surface area contributed by atoms with Crippen LogP contribution >= 0.6 is 0 Å². The van der Waals surface area contributed by atoms with Crippen molar-refractivity contribution in [3.8, 4) is 0 Å². The minimum Gasteiger partial charge on any atom is -0.227 e. The van der Waals surface area contributed by atoms with Crippen molar-refractivity contribution < 1.29 is 0 Å². The summed E-state index contributed by atoms with van der Waals surface area (Å²) in [5.41, 5.74) is 0. The zero-order valence-electron chi connectivity index (χ0n) is 4.79. The molecule has 0 bridgehead atoms.